The number of halogens is 3. The summed E-state index contributed by atoms with van der Waals surface area (Å²) in [6.07, 6.45) is 0. The molecule has 0 aliphatic rings. The SMILES string of the molecule is O=C(O)C(F)(F)c1csc(-c2ccc(F)cc2)n1. The first-order valence-electron chi connectivity index (χ1n) is 4.74. The van der Waals surface area contributed by atoms with Gasteiger partial charge in [-0.05, 0) is 24.3 Å². The van der Waals surface area contributed by atoms with Gasteiger partial charge in [0.05, 0.1) is 0 Å². The van der Waals surface area contributed by atoms with E-state index in [4.69, 9.17) is 5.11 Å². The van der Waals surface area contributed by atoms with E-state index in [1.54, 1.807) is 0 Å². The van der Waals surface area contributed by atoms with Crippen LogP contribution >= 0.6 is 11.3 Å². The summed E-state index contributed by atoms with van der Waals surface area (Å²) in [5.41, 5.74) is -0.367. The highest BCUT2D eigenvalue weighted by Gasteiger charge is 2.43. The van der Waals surface area contributed by atoms with Gasteiger partial charge in [0, 0.05) is 10.9 Å². The third-order valence-electron chi connectivity index (χ3n) is 2.19. The predicted octanol–water partition coefficient (Wildman–Crippen LogP) is 3.13. The van der Waals surface area contributed by atoms with Crippen LogP contribution in [0.25, 0.3) is 10.6 Å². The van der Waals surface area contributed by atoms with Crippen molar-refractivity contribution in [1.82, 2.24) is 4.98 Å². The molecule has 0 radical (unpaired) electrons. The lowest BCUT2D eigenvalue weighted by molar-refractivity contribution is -0.166. The Kier molecular flexibility index (Phi) is 3.08. The van der Waals surface area contributed by atoms with Crippen molar-refractivity contribution < 1.29 is 23.1 Å². The molecule has 1 heterocycles. The van der Waals surface area contributed by atoms with Crippen LogP contribution in [-0.4, -0.2) is 16.1 Å². The third kappa shape index (κ3) is 2.21. The highest BCUT2D eigenvalue weighted by molar-refractivity contribution is 7.13. The molecule has 2 aromatic rings. The minimum atomic E-state index is -4.02. The predicted molar refractivity (Wildman–Crippen MR) is 59.0 cm³/mol. The Morgan fingerprint density at radius 2 is 1.89 bits per heavy atom. The molecule has 0 saturated carbocycles. The van der Waals surface area contributed by atoms with Crippen LogP contribution < -0.4 is 0 Å². The average molecular weight is 273 g/mol. The van der Waals surface area contributed by atoms with E-state index in [9.17, 15) is 18.0 Å². The smallest absolute Gasteiger partial charge is 0.385 e. The summed E-state index contributed by atoms with van der Waals surface area (Å²) in [7, 11) is 0. The molecular formula is C11H6F3NO2S. The Morgan fingerprint density at radius 1 is 1.28 bits per heavy atom. The molecular weight excluding hydrogens is 267 g/mol. The van der Waals surface area contributed by atoms with E-state index < -0.39 is 23.4 Å². The molecule has 2 rings (SSSR count). The van der Waals surface area contributed by atoms with Crippen LogP contribution in [0.4, 0.5) is 13.2 Å². The van der Waals surface area contributed by atoms with Crippen molar-refractivity contribution in [3.63, 3.8) is 0 Å². The summed E-state index contributed by atoms with van der Waals surface area (Å²) in [5.74, 6) is -6.72. The first kappa shape index (κ1) is 12.6. The molecule has 0 aliphatic heterocycles. The molecule has 0 fully saturated rings. The monoisotopic (exact) mass is 273 g/mol. The topological polar surface area (TPSA) is 50.2 Å². The molecule has 0 bridgehead atoms. The zero-order chi connectivity index (χ0) is 13.3. The molecule has 0 spiro atoms. The van der Waals surface area contributed by atoms with Gasteiger partial charge in [-0.2, -0.15) is 8.78 Å². The van der Waals surface area contributed by atoms with Crippen molar-refractivity contribution in [2.45, 2.75) is 5.92 Å². The second-order valence-electron chi connectivity index (χ2n) is 3.42. The quantitative estimate of drug-likeness (QED) is 0.934. The van der Waals surface area contributed by atoms with Crippen molar-refractivity contribution in [3.05, 3.63) is 41.2 Å². The maximum Gasteiger partial charge on any atom is 0.385 e. The largest absolute Gasteiger partial charge is 0.476 e. The molecule has 0 unspecified atom stereocenters. The van der Waals surface area contributed by atoms with Gasteiger partial charge >= 0.3 is 11.9 Å². The highest BCUT2D eigenvalue weighted by atomic mass is 32.1. The number of hydrogen-bond acceptors (Lipinski definition) is 3. The number of benzene rings is 1. The number of rotatable bonds is 3. The Bertz CT molecular complexity index is 580. The van der Waals surface area contributed by atoms with E-state index in [0.717, 1.165) is 16.7 Å². The molecule has 7 heteroatoms. The second kappa shape index (κ2) is 4.41. The maximum absolute atomic E-state index is 13.2. The number of nitrogens with zero attached hydrogens (tertiary/aromatic N) is 1. The van der Waals surface area contributed by atoms with Gasteiger partial charge in [0.2, 0.25) is 0 Å². The fourth-order valence-electron chi connectivity index (χ4n) is 1.25. The minimum Gasteiger partial charge on any atom is -0.476 e. The van der Waals surface area contributed by atoms with E-state index in [1.807, 2.05) is 0 Å². The summed E-state index contributed by atoms with van der Waals surface area (Å²) < 4.78 is 39.0. The van der Waals surface area contributed by atoms with E-state index >= 15 is 0 Å². The van der Waals surface area contributed by atoms with E-state index in [-0.39, 0.29) is 5.01 Å². The standard InChI is InChI=1S/C11H6F3NO2S/c12-7-3-1-6(2-4-7)9-15-8(5-18-9)11(13,14)10(16)17/h1-5H,(H,16,17). The molecule has 1 aromatic heterocycles. The molecule has 3 nitrogen and oxygen atoms in total. The van der Waals surface area contributed by atoms with Crippen LogP contribution in [0.2, 0.25) is 0 Å². The molecule has 1 aromatic carbocycles. The van der Waals surface area contributed by atoms with Gasteiger partial charge < -0.3 is 5.11 Å². The first-order valence-corrected chi connectivity index (χ1v) is 5.62. The van der Waals surface area contributed by atoms with Crippen molar-refractivity contribution >= 4 is 17.3 Å². The van der Waals surface area contributed by atoms with Crippen LogP contribution in [0, 0.1) is 5.82 Å². The lowest BCUT2D eigenvalue weighted by Gasteiger charge is -2.06. The number of aliphatic carboxylic acids is 1. The number of carboxylic acid groups (broad SMARTS) is 1. The molecule has 0 atom stereocenters. The zero-order valence-electron chi connectivity index (χ0n) is 8.73. The first-order chi connectivity index (χ1) is 8.41. The summed E-state index contributed by atoms with van der Waals surface area (Å²) >= 11 is 0.876. The Balaban J connectivity index is 2.37. The number of hydrogen-bond donors (Lipinski definition) is 1. The second-order valence-corrected chi connectivity index (χ2v) is 4.28. The minimum absolute atomic E-state index is 0.214. The van der Waals surface area contributed by atoms with Crippen molar-refractivity contribution in [3.8, 4) is 10.6 Å². The molecule has 0 aliphatic carbocycles. The third-order valence-corrected chi connectivity index (χ3v) is 3.08. The maximum atomic E-state index is 13.2. The normalized spacial score (nSPS) is 11.5. The summed E-state index contributed by atoms with van der Waals surface area (Å²) in [6.45, 7) is 0. The molecule has 1 N–H and O–H groups in total. The molecule has 18 heavy (non-hydrogen) atoms. The van der Waals surface area contributed by atoms with E-state index in [2.05, 4.69) is 4.98 Å². The fourth-order valence-corrected chi connectivity index (χ4v) is 2.10. The van der Waals surface area contributed by atoms with E-state index in [1.165, 1.54) is 24.3 Å². The lowest BCUT2D eigenvalue weighted by atomic mass is 10.2. The van der Waals surface area contributed by atoms with Gasteiger partial charge in [-0.25, -0.2) is 14.2 Å². The fraction of sp³-hybridized carbons (Fsp3) is 0.0909. The summed E-state index contributed by atoms with van der Waals surface area (Å²) in [5, 5.41) is 9.57. The van der Waals surface area contributed by atoms with Gasteiger partial charge in [-0.15, -0.1) is 11.3 Å². The Morgan fingerprint density at radius 3 is 2.44 bits per heavy atom. The summed E-state index contributed by atoms with van der Waals surface area (Å²) in [4.78, 5) is 13.9. The number of alkyl halides is 2. The Hall–Kier alpha value is -1.89. The van der Waals surface area contributed by atoms with Crippen molar-refractivity contribution in [1.29, 1.82) is 0 Å². The van der Waals surface area contributed by atoms with E-state index in [0.29, 0.717) is 5.56 Å². The van der Waals surface area contributed by atoms with Crippen molar-refractivity contribution in [2.75, 3.05) is 0 Å². The molecule has 94 valence electrons. The lowest BCUT2D eigenvalue weighted by Crippen LogP contribution is -2.25. The number of thiazole rings is 1. The highest BCUT2D eigenvalue weighted by Crippen LogP contribution is 2.32. The van der Waals surface area contributed by atoms with Crippen LogP contribution in [0.1, 0.15) is 5.69 Å². The van der Waals surface area contributed by atoms with Crippen LogP contribution in [0.3, 0.4) is 0 Å². The number of aromatic nitrogens is 1. The Labute approximate surface area is 104 Å². The van der Waals surface area contributed by atoms with Gasteiger partial charge in [0.25, 0.3) is 0 Å². The zero-order valence-corrected chi connectivity index (χ0v) is 9.55. The number of carboxylic acids is 1. The average Bonchev–Trinajstić information content (AvgIpc) is 2.79. The van der Waals surface area contributed by atoms with Crippen LogP contribution in [0.5, 0.6) is 0 Å². The van der Waals surface area contributed by atoms with Crippen LogP contribution in [-0.2, 0) is 10.7 Å². The summed E-state index contributed by atoms with van der Waals surface area (Å²) in [6, 6.07) is 5.12. The van der Waals surface area contributed by atoms with Gasteiger partial charge in [0.15, 0.2) is 0 Å². The van der Waals surface area contributed by atoms with Gasteiger partial charge in [0.1, 0.15) is 16.5 Å². The van der Waals surface area contributed by atoms with Crippen LogP contribution in [0.15, 0.2) is 29.6 Å². The van der Waals surface area contributed by atoms with Crippen molar-refractivity contribution in [2.24, 2.45) is 0 Å². The number of carbonyl (C=O) groups is 1. The van der Waals surface area contributed by atoms with Gasteiger partial charge in [-0.1, -0.05) is 0 Å². The molecule has 0 amide bonds. The van der Waals surface area contributed by atoms with Gasteiger partial charge in [-0.3, -0.25) is 0 Å². The molecule has 0 saturated heterocycles.